The Morgan fingerprint density at radius 2 is 0.917 bits per heavy atom. The minimum absolute atomic E-state index is 0.0712. The first-order valence-corrected chi connectivity index (χ1v) is 19.9. The van der Waals surface area contributed by atoms with Gasteiger partial charge in [-0.05, 0) is 71.4 Å². The Kier molecular flexibility index (Phi) is 13.5. The smallest absolute Gasteiger partial charge is 0.270 e. The third kappa shape index (κ3) is 10.4. The van der Waals surface area contributed by atoms with E-state index >= 15 is 0 Å². The van der Waals surface area contributed by atoms with E-state index in [0.29, 0.717) is 108 Å². The molecule has 1 aliphatic carbocycles. The van der Waals surface area contributed by atoms with Crippen LogP contribution in [0.15, 0.2) is 110 Å². The third-order valence-electron chi connectivity index (χ3n) is 10.4. The zero-order valence-electron chi connectivity index (χ0n) is 33.0. The lowest BCUT2D eigenvalue weighted by molar-refractivity contribution is -0.385. The van der Waals surface area contributed by atoms with Crippen molar-refractivity contribution in [2.24, 2.45) is 0 Å². The molecular weight excluding hydrogens is 765 g/mol. The van der Waals surface area contributed by atoms with Crippen LogP contribution >= 0.6 is 0 Å². The standard InChI is InChI=1S/C46H46N6O8/c53-43-37-19-33-9-1-10-34(45(33)59-17-5-15-49-29-31-7-3-13-47-27-31)20-38-24-42(52(57)58)26-40(44(38)54)22-36-12-2-11-35(21-39(43)25-41(23-37)51(55)56)46(36)60-18-6-16-50-30-32-8-4-14-48-28-32/h1-4,7-14,23-28,49-50,53-54H,5-6,15-22,29-30H2. The number of phenols is 2. The molecule has 0 atom stereocenters. The number of benzene rings is 4. The number of aromatic nitrogens is 2. The first-order chi connectivity index (χ1) is 29.2. The lowest BCUT2D eigenvalue weighted by atomic mass is 9.91. The van der Waals surface area contributed by atoms with Crippen molar-refractivity contribution < 1.29 is 29.5 Å². The summed E-state index contributed by atoms with van der Waals surface area (Å²) < 4.78 is 12.9. The van der Waals surface area contributed by atoms with Gasteiger partial charge in [0.2, 0.25) is 0 Å². The van der Waals surface area contributed by atoms with Gasteiger partial charge in [-0.25, -0.2) is 0 Å². The van der Waals surface area contributed by atoms with Gasteiger partial charge in [0.05, 0.1) is 23.1 Å². The molecule has 0 saturated carbocycles. The van der Waals surface area contributed by atoms with Crippen LogP contribution in [0.4, 0.5) is 11.4 Å². The number of nitro groups is 2. The van der Waals surface area contributed by atoms with Crippen LogP contribution in [0.5, 0.6) is 23.0 Å². The van der Waals surface area contributed by atoms with Crippen molar-refractivity contribution in [2.75, 3.05) is 26.3 Å². The Labute approximate surface area is 347 Å². The Morgan fingerprint density at radius 3 is 1.23 bits per heavy atom. The Balaban J connectivity index is 1.23. The molecule has 308 valence electrons. The Bertz CT molecular complexity index is 2190. The fourth-order valence-corrected chi connectivity index (χ4v) is 7.47. The molecule has 1 aliphatic rings. The SMILES string of the molecule is O=[N+]([O-])c1cc2c(O)c(c1)Cc1cccc(c1OCCCNCc1cccnc1)Cc1cc([N+](=O)[O-])cc(c1O)Cc1cccc(c1OCCCNCc1cccnc1)C2. The summed E-state index contributed by atoms with van der Waals surface area (Å²) in [5.74, 6) is 0.816. The molecule has 60 heavy (non-hydrogen) atoms. The molecule has 0 fully saturated rings. The summed E-state index contributed by atoms with van der Waals surface area (Å²) in [5.41, 5.74) is 5.73. The summed E-state index contributed by atoms with van der Waals surface area (Å²) >= 11 is 0. The van der Waals surface area contributed by atoms with Crippen molar-refractivity contribution in [3.8, 4) is 23.0 Å². The van der Waals surface area contributed by atoms with Crippen LogP contribution in [0.25, 0.3) is 0 Å². The molecule has 0 amide bonds. The summed E-state index contributed by atoms with van der Waals surface area (Å²) in [6.07, 6.45) is 8.67. The highest BCUT2D eigenvalue weighted by Crippen LogP contribution is 2.40. The first kappa shape index (κ1) is 41.3. The summed E-state index contributed by atoms with van der Waals surface area (Å²) in [7, 11) is 0. The number of phenolic OH excluding ortho intramolecular Hbond substituents is 2. The van der Waals surface area contributed by atoms with E-state index in [2.05, 4.69) is 20.6 Å². The number of non-ortho nitro benzene ring substituents is 2. The predicted octanol–water partition coefficient (Wildman–Crippen LogP) is 7.50. The molecule has 2 aromatic heterocycles. The minimum Gasteiger partial charge on any atom is -0.507 e. The number of fused-ring (bicyclic) bond motifs is 8. The van der Waals surface area contributed by atoms with Crippen LogP contribution in [0.3, 0.4) is 0 Å². The molecule has 8 bridgehead atoms. The molecule has 0 radical (unpaired) electrons. The van der Waals surface area contributed by atoms with Gasteiger partial charge in [-0.3, -0.25) is 30.2 Å². The molecule has 14 nitrogen and oxygen atoms in total. The second-order valence-electron chi connectivity index (χ2n) is 14.7. The van der Waals surface area contributed by atoms with Crippen molar-refractivity contribution >= 4 is 11.4 Å². The number of ether oxygens (including phenoxy) is 2. The molecule has 4 aromatic carbocycles. The zero-order valence-corrected chi connectivity index (χ0v) is 33.0. The molecule has 4 N–H and O–H groups in total. The fraction of sp³-hybridized carbons (Fsp3) is 0.261. The number of para-hydroxylation sites is 2. The van der Waals surface area contributed by atoms with Gasteiger partial charge in [-0.15, -0.1) is 0 Å². The second-order valence-corrected chi connectivity index (χ2v) is 14.7. The highest BCUT2D eigenvalue weighted by molar-refractivity contribution is 5.59. The van der Waals surface area contributed by atoms with Crippen molar-refractivity contribution in [3.63, 3.8) is 0 Å². The molecule has 0 spiro atoms. The van der Waals surface area contributed by atoms with Gasteiger partial charge < -0.3 is 30.3 Å². The van der Waals surface area contributed by atoms with Crippen LogP contribution in [-0.4, -0.2) is 56.3 Å². The zero-order chi connectivity index (χ0) is 41.8. The second kappa shape index (κ2) is 19.7. The molecule has 2 heterocycles. The average molecular weight is 811 g/mol. The number of hydrogen-bond donors (Lipinski definition) is 4. The maximum absolute atomic E-state index is 12.3. The molecule has 14 heteroatoms. The molecule has 7 rings (SSSR count). The van der Waals surface area contributed by atoms with E-state index in [-0.39, 0.29) is 48.6 Å². The van der Waals surface area contributed by atoms with E-state index in [1.54, 1.807) is 24.8 Å². The van der Waals surface area contributed by atoms with Gasteiger partial charge in [-0.1, -0.05) is 48.5 Å². The Hall–Kier alpha value is -6.90. The highest BCUT2D eigenvalue weighted by atomic mass is 16.6. The largest absolute Gasteiger partial charge is 0.507 e. The highest BCUT2D eigenvalue weighted by Gasteiger charge is 2.24. The lowest BCUT2D eigenvalue weighted by Gasteiger charge is -2.20. The number of nitrogens with one attached hydrogen (secondary N) is 2. The number of hydrogen-bond acceptors (Lipinski definition) is 12. The maximum Gasteiger partial charge on any atom is 0.270 e. The lowest BCUT2D eigenvalue weighted by Crippen LogP contribution is -2.17. The van der Waals surface area contributed by atoms with E-state index in [0.717, 1.165) is 11.1 Å². The maximum atomic E-state index is 12.3. The van der Waals surface area contributed by atoms with Gasteiger partial charge in [0.15, 0.2) is 0 Å². The normalized spacial score (nSPS) is 12.1. The van der Waals surface area contributed by atoms with E-state index in [4.69, 9.17) is 9.47 Å². The Morgan fingerprint density at radius 1 is 0.550 bits per heavy atom. The van der Waals surface area contributed by atoms with Crippen molar-refractivity contribution in [3.05, 3.63) is 186 Å². The number of aromatic hydroxyl groups is 2. The minimum atomic E-state index is -0.467. The predicted molar refractivity (Wildman–Crippen MR) is 226 cm³/mol. The summed E-state index contributed by atoms with van der Waals surface area (Å²) in [6.45, 7) is 3.18. The van der Waals surface area contributed by atoms with Crippen LogP contribution < -0.4 is 20.1 Å². The molecular formula is C46H46N6O8. The van der Waals surface area contributed by atoms with Crippen molar-refractivity contribution in [2.45, 2.75) is 51.6 Å². The molecule has 6 aromatic rings. The van der Waals surface area contributed by atoms with Gasteiger partial charge >= 0.3 is 0 Å². The van der Waals surface area contributed by atoms with Crippen LogP contribution in [0.1, 0.15) is 68.5 Å². The van der Waals surface area contributed by atoms with Crippen LogP contribution in [0.2, 0.25) is 0 Å². The summed E-state index contributed by atoms with van der Waals surface area (Å²) in [6, 6.07) is 24.2. The van der Waals surface area contributed by atoms with Crippen LogP contribution in [0, 0.1) is 20.2 Å². The number of rotatable bonds is 16. The van der Waals surface area contributed by atoms with Gasteiger partial charge in [0, 0.05) is 110 Å². The molecule has 0 unspecified atom stereocenters. The fourth-order valence-electron chi connectivity index (χ4n) is 7.47. The first-order valence-electron chi connectivity index (χ1n) is 19.9. The third-order valence-corrected chi connectivity index (χ3v) is 10.4. The van der Waals surface area contributed by atoms with Gasteiger partial charge in [0.1, 0.15) is 23.0 Å². The van der Waals surface area contributed by atoms with Crippen LogP contribution in [-0.2, 0) is 38.8 Å². The van der Waals surface area contributed by atoms with E-state index in [1.165, 1.54) is 24.3 Å². The average Bonchev–Trinajstić information content (AvgIpc) is 3.24. The van der Waals surface area contributed by atoms with Crippen molar-refractivity contribution in [1.29, 1.82) is 0 Å². The quantitative estimate of drug-likeness (QED) is 0.0427. The van der Waals surface area contributed by atoms with E-state index in [9.17, 15) is 30.4 Å². The van der Waals surface area contributed by atoms with E-state index in [1.807, 2.05) is 60.7 Å². The molecule has 0 saturated heterocycles. The van der Waals surface area contributed by atoms with E-state index < -0.39 is 9.85 Å². The number of pyridine rings is 2. The van der Waals surface area contributed by atoms with Crippen molar-refractivity contribution in [1.82, 2.24) is 20.6 Å². The monoisotopic (exact) mass is 810 g/mol. The topological polar surface area (TPSA) is 195 Å². The summed E-state index contributed by atoms with van der Waals surface area (Å²) in [4.78, 5) is 32.0. The number of nitrogens with zero attached hydrogens (tertiary/aromatic N) is 4. The van der Waals surface area contributed by atoms with Gasteiger partial charge in [0.25, 0.3) is 11.4 Å². The summed E-state index contributed by atoms with van der Waals surface area (Å²) in [5, 5.41) is 55.1. The number of nitro benzene ring substituents is 2. The van der Waals surface area contributed by atoms with Gasteiger partial charge in [-0.2, -0.15) is 0 Å². The molecule has 0 aliphatic heterocycles.